The predicted octanol–water partition coefficient (Wildman–Crippen LogP) is 1.83. The van der Waals surface area contributed by atoms with E-state index in [1.807, 2.05) is 13.0 Å². The molecule has 1 unspecified atom stereocenters. The smallest absolute Gasteiger partial charge is 0.241 e. The average Bonchev–Trinajstić information content (AvgIpc) is 2.46. The molecule has 1 atom stereocenters. The molecule has 1 aliphatic heterocycles. The summed E-state index contributed by atoms with van der Waals surface area (Å²) in [5.41, 5.74) is 0.696. The van der Waals surface area contributed by atoms with E-state index in [9.17, 15) is 9.59 Å². The zero-order valence-corrected chi connectivity index (χ0v) is 13.1. The van der Waals surface area contributed by atoms with E-state index in [1.54, 1.807) is 30.0 Å². The van der Waals surface area contributed by atoms with E-state index in [4.69, 9.17) is 11.6 Å². The van der Waals surface area contributed by atoms with E-state index < -0.39 is 0 Å². The summed E-state index contributed by atoms with van der Waals surface area (Å²) in [6.45, 7) is 6.22. The summed E-state index contributed by atoms with van der Waals surface area (Å²) in [5, 5.41) is 3.46. The van der Waals surface area contributed by atoms with E-state index in [1.165, 1.54) is 0 Å². The molecule has 0 aromatic heterocycles. The molecular formula is C15H20ClN3O2. The first-order chi connectivity index (χ1) is 9.97. The Morgan fingerprint density at radius 1 is 1.24 bits per heavy atom. The van der Waals surface area contributed by atoms with Gasteiger partial charge in [0.1, 0.15) is 0 Å². The lowest BCUT2D eigenvalue weighted by molar-refractivity contribution is -0.131. The highest BCUT2D eigenvalue weighted by Crippen LogP contribution is 2.16. The Labute approximate surface area is 129 Å². The van der Waals surface area contributed by atoms with Crippen molar-refractivity contribution in [3.63, 3.8) is 0 Å². The van der Waals surface area contributed by atoms with Gasteiger partial charge in [-0.2, -0.15) is 0 Å². The third-order valence-corrected chi connectivity index (χ3v) is 4.01. The number of benzene rings is 1. The van der Waals surface area contributed by atoms with Crippen LogP contribution in [0.1, 0.15) is 13.8 Å². The molecule has 0 radical (unpaired) electrons. The summed E-state index contributed by atoms with van der Waals surface area (Å²) < 4.78 is 0. The molecule has 2 amide bonds. The van der Waals surface area contributed by atoms with Gasteiger partial charge in [0.05, 0.1) is 6.04 Å². The number of hydrogen-bond donors (Lipinski definition) is 1. The Kier molecular flexibility index (Phi) is 5.20. The largest absolute Gasteiger partial charge is 0.340 e. The minimum Gasteiger partial charge on any atom is -0.340 e. The highest BCUT2D eigenvalue weighted by atomic mass is 35.5. The second-order valence-corrected chi connectivity index (χ2v) is 5.65. The van der Waals surface area contributed by atoms with Crippen molar-refractivity contribution in [1.82, 2.24) is 9.80 Å². The van der Waals surface area contributed by atoms with Gasteiger partial charge in [-0.3, -0.25) is 14.5 Å². The molecule has 5 nitrogen and oxygen atoms in total. The Hall–Kier alpha value is -1.59. The lowest BCUT2D eigenvalue weighted by atomic mass is 10.2. The number of hydrogen-bond acceptors (Lipinski definition) is 3. The molecule has 0 spiro atoms. The summed E-state index contributed by atoms with van der Waals surface area (Å²) in [5.74, 6) is 0.0271. The average molecular weight is 310 g/mol. The standard InChI is InChI=1S/C15H20ClN3O2/c1-11(18-6-8-19(9-7-18)12(2)20)15(21)17-14-5-3-4-13(16)10-14/h3-5,10-11H,6-9H2,1-2H3,(H,17,21). The van der Waals surface area contributed by atoms with Crippen molar-refractivity contribution in [2.75, 3.05) is 31.5 Å². The number of nitrogens with one attached hydrogen (secondary N) is 1. The zero-order valence-electron chi connectivity index (χ0n) is 12.3. The Morgan fingerprint density at radius 2 is 1.90 bits per heavy atom. The van der Waals surface area contributed by atoms with Gasteiger partial charge < -0.3 is 10.2 Å². The number of piperazine rings is 1. The second-order valence-electron chi connectivity index (χ2n) is 5.22. The quantitative estimate of drug-likeness (QED) is 0.927. The first kappa shape index (κ1) is 15.8. The van der Waals surface area contributed by atoms with Crippen molar-refractivity contribution < 1.29 is 9.59 Å². The highest BCUT2D eigenvalue weighted by Gasteiger charge is 2.26. The number of anilines is 1. The number of halogens is 1. The van der Waals surface area contributed by atoms with Gasteiger partial charge in [0.15, 0.2) is 0 Å². The molecule has 2 rings (SSSR count). The molecule has 1 N–H and O–H groups in total. The molecule has 114 valence electrons. The van der Waals surface area contributed by atoms with Crippen molar-refractivity contribution in [1.29, 1.82) is 0 Å². The third-order valence-electron chi connectivity index (χ3n) is 3.78. The van der Waals surface area contributed by atoms with Crippen LogP contribution in [0, 0.1) is 0 Å². The second kappa shape index (κ2) is 6.91. The Balaban J connectivity index is 1.90. The SMILES string of the molecule is CC(=O)N1CCN(C(C)C(=O)Nc2cccc(Cl)c2)CC1. The first-order valence-electron chi connectivity index (χ1n) is 7.03. The maximum absolute atomic E-state index is 12.3. The van der Waals surface area contributed by atoms with Gasteiger partial charge >= 0.3 is 0 Å². The fourth-order valence-electron chi connectivity index (χ4n) is 2.40. The van der Waals surface area contributed by atoms with Gasteiger partial charge in [-0.25, -0.2) is 0 Å². The minimum atomic E-state index is -0.238. The van der Waals surface area contributed by atoms with Gasteiger partial charge in [0, 0.05) is 43.8 Å². The van der Waals surface area contributed by atoms with Gasteiger partial charge in [0.2, 0.25) is 11.8 Å². The van der Waals surface area contributed by atoms with Crippen LogP contribution in [-0.2, 0) is 9.59 Å². The molecule has 21 heavy (non-hydrogen) atoms. The number of carbonyl (C=O) groups excluding carboxylic acids is 2. The molecule has 1 saturated heterocycles. The van der Waals surface area contributed by atoms with Gasteiger partial charge in [-0.15, -0.1) is 0 Å². The van der Waals surface area contributed by atoms with Crippen LogP contribution in [0.15, 0.2) is 24.3 Å². The van der Waals surface area contributed by atoms with Crippen LogP contribution in [0.2, 0.25) is 5.02 Å². The van der Waals surface area contributed by atoms with Crippen LogP contribution in [0.4, 0.5) is 5.69 Å². The third kappa shape index (κ3) is 4.19. The molecule has 1 aromatic carbocycles. The topological polar surface area (TPSA) is 52.7 Å². The van der Waals surface area contributed by atoms with Crippen LogP contribution < -0.4 is 5.32 Å². The van der Waals surface area contributed by atoms with Crippen molar-refractivity contribution in [2.45, 2.75) is 19.9 Å². The maximum Gasteiger partial charge on any atom is 0.241 e. The molecule has 6 heteroatoms. The molecule has 0 bridgehead atoms. The van der Waals surface area contributed by atoms with E-state index in [0.29, 0.717) is 36.9 Å². The first-order valence-corrected chi connectivity index (χ1v) is 7.41. The molecule has 1 fully saturated rings. The Morgan fingerprint density at radius 3 is 2.48 bits per heavy atom. The van der Waals surface area contributed by atoms with Gasteiger partial charge in [0.25, 0.3) is 0 Å². The fourth-order valence-corrected chi connectivity index (χ4v) is 2.59. The van der Waals surface area contributed by atoms with Crippen LogP contribution >= 0.6 is 11.6 Å². The molecule has 0 saturated carbocycles. The minimum absolute atomic E-state index is 0.0615. The van der Waals surface area contributed by atoms with E-state index in [2.05, 4.69) is 10.2 Å². The molecule has 0 aliphatic carbocycles. The monoisotopic (exact) mass is 309 g/mol. The van der Waals surface area contributed by atoms with E-state index >= 15 is 0 Å². The normalized spacial score (nSPS) is 17.4. The lowest BCUT2D eigenvalue weighted by Gasteiger charge is -2.37. The molecule has 1 heterocycles. The summed E-state index contributed by atoms with van der Waals surface area (Å²) >= 11 is 5.90. The summed E-state index contributed by atoms with van der Waals surface area (Å²) in [6, 6.07) is 6.86. The van der Waals surface area contributed by atoms with Crippen LogP contribution in [0.3, 0.4) is 0 Å². The zero-order chi connectivity index (χ0) is 15.4. The van der Waals surface area contributed by atoms with Crippen molar-refractivity contribution >= 4 is 29.1 Å². The number of amides is 2. The summed E-state index contributed by atoms with van der Waals surface area (Å²) in [4.78, 5) is 27.4. The van der Waals surface area contributed by atoms with E-state index in [0.717, 1.165) is 0 Å². The van der Waals surface area contributed by atoms with Crippen LogP contribution in [0.5, 0.6) is 0 Å². The molecule has 1 aliphatic rings. The van der Waals surface area contributed by atoms with Crippen LogP contribution in [0.25, 0.3) is 0 Å². The maximum atomic E-state index is 12.3. The molecular weight excluding hydrogens is 290 g/mol. The highest BCUT2D eigenvalue weighted by molar-refractivity contribution is 6.30. The van der Waals surface area contributed by atoms with Crippen molar-refractivity contribution in [3.8, 4) is 0 Å². The van der Waals surface area contributed by atoms with Crippen molar-refractivity contribution in [3.05, 3.63) is 29.3 Å². The predicted molar refractivity (Wildman–Crippen MR) is 83.4 cm³/mol. The lowest BCUT2D eigenvalue weighted by Crippen LogP contribution is -2.53. The van der Waals surface area contributed by atoms with Gasteiger partial charge in [-0.1, -0.05) is 17.7 Å². The number of nitrogens with zero attached hydrogens (tertiary/aromatic N) is 2. The number of rotatable bonds is 3. The van der Waals surface area contributed by atoms with E-state index in [-0.39, 0.29) is 17.9 Å². The van der Waals surface area contributed by atoms with Gasteiger partial charge in [-0.05, 0) is 25.1 Å². The summed E-state index contributed by atoms with van der Waals surface area (Å²) in [6.07, 6.45) is 0. The fraction of sp³-hybridized carbons (Fsp3) is 0.467. The van der Waals surface area contributed by atoms with Crippen molar-refractivity contribution in [2.24, 2.45) is 0 Å². The summed E-state index contributed by atoms with van der Waals surface area (Å²) in [7, 11) is 0. The number of carbonyl (C=O) groups is 2. The van der Waals surface area contributed by atoms with Crippen LogP contribution in [-0.4, -0.2) is 53.8 Å². The molecule has 1 aromatic rings. The Bertz CT molecular complexity index is 527.